The molecular formula is C10H17BrO. The van der Waals surface area contributed by atoms with E-state index in [9.17, 15) is 0 Å². The minimum absolute atomic E-state index is 0.458. The average Bonchev–Trinajstić information content (AvgIpc) is 2.79. The molecule has 2 rings (SSSR count). The minimum Gasteiger partial charge on any atom is -0.375 e. The highest BCUT2D eigenvalue weighted by molar-refractivity contribution is 9.09. The molecule has 0 N–H and O–H groups in total. The molecule has 3 unspecified atom stereocenters. The highest BCUT2D eigenvalue weighted by Gasteiger charge is 2.53. The fraction of sp³-hybridized carbons (Fsp3) is 1.00. The van der Waals surface area contributed by atoms with Gasteiger partial charge in [0.05, 0.1) is 12.2 Å². The fourth-order valence-corrected chi connectivity index (χ4v) is 3.81. The molecule has 0 aromatic heterocycles. The van der Waals surface area contributed by atoms with E-state index in [1.807, 2.05) is 0 Å². The van der Waals surface area contributed by atoms with E-state index in [1.165, 1.54) is 19.3 Å². The minimum atomic E-state index is 0.458. The normalized spacial score (nSPS) is 48.2. The molecule has 0 bridgehead atoms. The first kappa shape index (κ1) is 9.01. The van der Waals surface area contributed by atoms with Gasteiger partial charge in [0, 0.05) is 10.7 Å². The van der Waals surface area contributed by atoms with Gasteiger partial charge in [-0.3, -0.25) is 0 Å². The third-order valence-electron chi connectivity index (χ3n) is 3.55. The summed E-state index contributed by atoms with van der Waals surface area (Å²) >= 11 is 3.66. The van der Waals surface area contributed by atoms with Crippen molar-refractivity contribution in [3.8, 4) is 0 Å². The first-order chi connectivity index (χ1) is 5.69. The molecule has 0 spiro atoms. The molecule has 2 heteroatoms. The summed E-state index contributed by atoms with van der Waals surface area (Å²) in [6, 6.07) is 0. The molecule has 1 nitrogen and oxygen atoms in total. The van der Waals surface area contributed by atoms with Crippen molar-refractivity contribution in [3.05, 3.63) is 0 Å². The SMILES string of the molecule is CC1CC(CBr)(C2CC2)C(C)O1. The van der Waals surface area contributed by atoms with E-state index in [-0.39, 0.29) is 0 Å². The lowest BCUT2D eigenvalue weighted by atomic mass is 9.78. The second-order valence-corrected chi connectivity index (χ2v) is 4.99. The van der Waals surface area contributed by atoms with Crippen molar-refractivity contribution in [3.63, 3.8) is 0 Å². The molecule has 2 aliphatic rings. The predicted molar refractivity (Wildman–Crippen MR) is 53.6 cm³/mol. The highest BCUT2D eigenvalue weighted by Crippen LogP contribution is 2.55. The van der Waals surface area contributed by atoms with Gasteiger partial charge in [-0.2, -0.15) is 0 Å². The van der Waals surface area contributed by atoms with Gasteiger partial charge in [0.15, 0.2) is 0 Å². The Bertz CT molecular complexity index is 179. The van der Waals surface area contributed by atoms with E-state index >= 15 is 0 Å². The molecule has 1 heterocycles. The lowest BCUT2D eigenvalue weighted by Crippen LogP contribution is -2.32. The Hall–Kier alpha value is 0.440. The van der Waals surface area contributed by atoms with E-state index in [0.29, 0.717) is 17.6 Å². The Kier molecular flexibility index (Phi) is 2.24. The number of hydrogen-bond acceptors (Lipinski definition) is 1. The number of alkyl halides is 1. The van der Waals surface area contributed by atoms with Crippen LogP contribution in [-0.2, 0) is 4.74 Å². The number of rotatable bonds is 2. The van der Waals surface area contributed by atoms with Crippen molar-refractivity contribution < 1.29 is 4.74 Å². The van der Waals surface area contributed by atoms with Crippen molar-refractivity contribution >= 4 is 15.9 Å². The summed E-state index contributed by atoms with van der Waals surface area (Å²) in [7, 11) is 0. The van der Waals surface area contributed by atoms with E-state index in [2.05, 4.69) is 29.8 Å². The zero-order valence-corrected chi connectivity index (χ0v) is 9.43. The highest BCUT2D eigenvalue weighted by atomic mass is 79.9. The number of hydrogen-bond donors (Lipinski definition) is 0. The van der Waals surface area contributed by atoms with Crippen molar-refractivity contribution in [1.29, 1.82) is 0 Å². The van der Waals surface area contributed by atoms with Gasteiger partial charge in [-0.15, -0.1) is 0 Å². The van der Waals surface area contributed by atoms with Crippen LogP contribution in [0.25, 0.3) is 0 Å². The third-order valence-corrected chi connectivity index (χ3v) is 4.60. The first-order valence-electron chi connectivity index (χ1n) is 4.90. The van der Waals surface area contributed by atoms with Crippen molar-refractivity contribution in [2.45, 2.75) is 45.3 Å². The molecule has 0 amide bonds. The summed E-state index contributed by atoms with van der Waals surface area (Å²) < 4.78 is 5.84. The van der Waals surface area contributed by atoms with Gasteiger partial charge < -0.3 is 4.74 Å². The van der Waals surface area contributed by atoms with Crippen LogP contribution in [0.4, 0.5) is 0 Å². The maximum absolute atomic E-state index is 5.84. The molecule has 12 heavy (non-hydrogen) atoms. The Morgan fingerprint density at radius 2 is 2.08 bits per heavy atom. The van der Waals surface area contributed by atoms with E-state index < -0.39 is 0 Å². The number of halogens is 1. The Labute approximate surface area is 83.0 Å². The molecule has 0 radical (unpaired) electrons. The molecule has 70 valence electrons. The van der Waals surface area contributed by atoms with Gasteiger partial charge in [0.25, 0.3) is 0 Å². The van der Waals surface area contributed by atoms with Crippen molar-refractivity contribution in [2.75, 3.05) is 5.33 Å². The van der Waals surface area contributed by atoms with Crippen LogP contribution in [0, 0.1) is 11.3 Å². The fourth-order valence-electron chi connectivity index (χ4n) is 2.66. The lowest BCUT2D eigenvalue weighted by Gasteiger charge is -2.30. The predicted octanol–water partition coefficient (Wildman–Crippen LogP) is 2.98. The maximum Gasteiger partial charge on any atom is 0.0618 e. The molecule has 3 atom stereocenters. The van der Waals surface area contributed by atoms with Crippen LogP contribution in [-0.4, -0.2) is 17.5 Å². The van der Waals surface area contributed by atoms with Crippen molar-refractivity contribution in [2.24, 2.45) is 11.3 Å². The quantitative estimate of drug-likeness (QED) is 0.666. The molecule has 1 saturated carbocycles. The van der Waals surface area contributed by atoms with Crippen LogP contribution in [0.1, 0.15) is 33.1 Å². The van der Waals surface area contributed by atoms with Gasteiger partial charge in [-0.1, -0.05) is 15.9 Å². The Balaban J connectivity index is 2.15. The summed E-state index contributed by atoms with van der Waals surface area (Å²) in [5, 5.41) is 1.12. The standard InChI is InChI=1S/C10H17BrO/c1-7-5-10(6-11,8(2)12-7)9-3-4-9/h7-9H,3-6H2,1-2H3. The molecule has 0 aromatic carbocycles. The molecular weight excluding hydrogens is 216 g/mol. The summed E-state index contributed by atoms with van der Waals surface area (Å²) in [6.07, 6.45) is 5.03. The van der Waals surface area contributed by atoms with Gasteiger partial charge in [0.2, 0.25) is 0 Å². The Morgan fingerprint density at radius 1 is 1.42 bits per heavy atom. The summed E-state index contributed by atoms with van der Waals surface area (Å²) in [5.74, 6) is 0.942. The van der Waals surface area contributed by atoms with Crippen molar-refractivity contribution in [1.82, 2.24) is 0 Å². The molecule has 0 aromatic rings. The van der Waals surface area contributed by atoms with Gasteiger partial charge >= 0.3 is 0 Å². The third kappa shape index (κ3) is 1.24. The Morgan fingerprint density at radius 3 is 2.42 bits per heavy atom. The van der Waals surface area contributed by atoms with Crippen LogP contribution < -0.4 is 0 Å². The molecule has 1 saturated heterocycles. The zero-order valence-electron chi connectivity index (χ0n) is 7.85. The monoisotopic (exact) mass is 232 g/mol. The maximum atomic E-state index is 5.84. The molecule has 1 aliphatic carbocycles. The lowest BCUT2D eigenvalue weighted by molar-refractivity contribution is 0.0316. The van der Waals surface area contributed by atoms with E-state index in [4.69, 9.17) is 4.74 Å². The van der Waals surface area contributed by atoms with Gasteiger partial charge in [-0.25, -0.2) is 0 Å². The van der Waals surface area contributed by atoms with Crippen LogP contribution >= 0.6 is 15.9 Å². The largest absolute Gasteiger partial charge is 0.375 e. The molecule has 1 aliphatic heterocycles. The second kappa shape index (κ2) is 2.98. The van der Waals surface area contributed by atoms with Gasteiger partial charge in [-0.05, 0) is 39.0 Å². The summed E-state index contributed by atoms with van der Waals surface area (Å²) in [5.41, 5.74) is 0.472. The average molecular weight is 233 g/mol. The second-order valence-electron chi connectivity index (χ2n) is 4.43. The summed E-state index contributed by atoms with van der Waals surface area (Å²) in [6.45, 7) is 4.44. The smallest absolute Gasteiger partial charge is 0.0618 e. The number of ether oxygens (including phenoxy) is 1. The van der Waals surface area contributed by atoms with E-state index in [1.54, 1.807) is 0 Å². The van der Waals surface area contributed by atoms with Gasteiger partial charge in [0.1, 0.15) is 0 Å². The van der Waals surface area contributed by atoms with Crippen LogP contribution in [0.5, 0.6) is 0 Å². The topological polar surface area (TPSA) is 9.23 Å². The molecule has 2 fully saturated rings. The van der Waals surface area contributed by atoms with E-state index in [0.717, 1.165) is 11.2 Å². The van der Waals surface area contributed by atoms with Crippen LogP contribution in [0.15, 0.2) is 0 Å². The first-order valence-corrected chi connectivity index (χ1v) is 6.02. The van der Waals surface area contributed by atoms with Crippen LogP contribution in [0.3, 0.4) is 0 Å². The summed E-state index contributed by atoms with van der Waals surface area (Å²) in [4.78, 5) is 0. The van der Waals surface area contributed by atoms with Crippen LogP contribution in [0.2, 0.25) is 0 Å². The zero-order chi connectivity index (χ0) is 8.77.